The lowest BCUT2D eigenvalue weighted by Gasteiger charge is -2.25. The third kappa shape index (κ3) is 14.2. The van der Waals surface area contributed by atoms with E-state index in [1.807, 2.05) is 0 Å². The van der Waals surface area contributed by atoms with Crippen molar-refractivity contribution in [3.8, 4) is 0 Å². The second-order valence-electron chi connectivity index (χ2n) is 8.30. The summed E-state index contributed by atoms with van der Waals surface area (Å²) < 4.78 is 0. The molecule has 206 valence electrons. The van der Waals surface area contributed by atoms with Crippen molar-refractivity contribution < 1.29 is 39.0 Å². The van der Waals surface area contributed by atoms with Crippen molar-refractivity contribution in [2.75, 3.05) is 13.1 Å². The van der Waals surface area contributed by atoms with Crippen LogP contribution >= 0.6 is 0 Å². The molecular formula is C21H39N7O8. The molecule has 4 unspecified atom stereocenters. The van der Waals surface area contributed by atoms with Gasteiger partial charge < -0.3 is 49.1 Å². The van der Waals surface area contributed by atoms with Gasteiger partial charge in [-0.1, -0.05) is 6.42 Å². The summed E-state index contributed by atoms with van der Waals surface area (Å²) in [7, 11) is 0. The molecule has 15 heteroatoms. The first kappa shape index (κ1) is 32.7. The number of carboxylic acid groups (broad SMARTS) is 2. The molecule has 0 aliphatic rings. The highest BCUT2D eigenvalue weighted by atomic mass is 16.4. The third-order valence-corrected chi connectivity index (χ3v) is 5.19. The number of amides is 4. The molecule has 13 N–H and O–H groups in total. The van der Waals surface area contributed by atoms with E-state index in [4.69, 9.17) is 28.0 Å². The molecule has 15 nitrogen and oxygen atoms in total. The Morgan fingerprint density at radius 1 is 0.667 bits per heavy atom. The SMILES string of the molecule is NCCCCC(N)C(=O)NC(CCC(N)=O)C(=O)NC(CCCCN)C(=O)NC(CC(=O)O)C(=O)O. The van der Waals surface area contributed by atoms with Gasteiger partial charge in [0.2, 0.25) is 23.6 Å². The van der Waals surface area contributed by atoms with Crippen LogP contribution in [0.3, 0.4) is 0 Å². The van der Waals surface area contributed by atoms with Crippen molar-refractivity contribution in [2.24, 2.45) is 22.9 Å². The maximum Gasteiger partial charge on any atom is 0.326 e. The van der Waals surface area contributed by atoms with Crippen molar-refractivity contribution in [2.45, 2.75) is 82.0 Å². The Morgan fingerprint density at radius 2 is 1.14 bits per heavy atom. The number of primary amides is 1. The lowest BCUT2D eigenvalue weighted by atomic mass is 10.0. The van der Waals surface area contributed by atoms with Crippen LogP contribution in [0.1, 0.15) is 57.8 Å². The van der Waals surface area contributed by atoms with Crippen LogP contribution in [0.4, 0.5) is 0 Å². The van der Waals surface area contributed by atoms with Crippen molar-refractivity contribution in [3.63, 3.8) is 0 Å². The fourth-order valence-electron chi connectivity index (χ4n) is 3.15. The van der Waals surface area contributed by atoms with E-state index in [1.54, 1.807) is 0 Å². The summed E-state index contributed by atoms with van der Waals surface area (Å²) in [5.41, 5.74) is 21.9. The highest BCUT2D eigenvalue weighted by Crippen LogP contribution is 2.07. The highest BCUT2D eigenvalue weighted by molar-refractivity contribution is 5.94. The Morgan fingerprint density at radius 3 is 1.61 bits per heavy atom. The minimum atomic E-state index is -1.72. The minimum Gasteiger partial charge on any atom is -0.481 e. The summed E-state index contributed by atoms with van der Waals surface area (Å²) in [6, 6.07) is -5.17. The fraction of sp³-hybridized carbons (Fsp3) is 0.714. The lowest BCUT2D eigenvalue weighted by Crippen LogP contribution is -2.57. The standard InChI is InChI=1S/C21H39N7O8/c22-9-3-1-5-12(24)18(32)26-14(7-8-16(25)29)20(34)27-13(6-2-4-10-23)19(33)28-15(21(35)36)11-17(30)31/h12-15H,1-11,22-24H2,(H2,25,29)(H,26,32)(H,27,34)(H,28,33)(H,30,31)(H,35,36). The molecule has 0 rings (SSSR count). The summed E-state index contributed by atoms with van der Waals surface area (Å²) in [4.78, 5) is 71.7. The van der Waals surface area contributed by atoms with Crippen molar-refractivity contribution >= 4 is 35.6 Å². The van der Waals surface area contributed by atoms with E-state index in [0.717, 1.165) is 0 Å². The Labute approximate surface area is 209 Å². The summed E-state index contributed by atoms with van der Waals surface area (Å²) >= 11 is 0. The molecule has 4 atom stereocenters. The normalized spacial score (nSPS) is 14.1. The van der Waals surface area contributed by atoms with E-state index in [1.165, 1.54) is 0 Å². The maximum absolute atomic E-state index is 13.0. The zero-order valence-corrected chi connectivity index (χ0v) is 20.2. The smallest absolute Gasteiger partial charge is 0.326 e. The summed E-state index contributed by atoms with van der Waals surface area (Å²) in [5.74, 6) is -6.11. The zero-order chi connectivity index (χ0) is 27.7. The number of hydrogen-bond acceptors (Lipinski definition) is 9. The number of hydrogen-bond donors (Lipinski definition) is 9. The van der Waals surface area contributed by atoms with Crippen molar-refractivity contribution in [1.29, 1.82) is 0 Å². The molecule has 0 radical (unpaired) electrons. The van der Waals surface area contributed by atoms with E-state index in [9.17, 15) is 33.9 Å². The van der Waals surface area contributed by atoms with E-state index in [-0.39, 0.29) is 19.3 Å². The molecule has 0 saturated heterocycles. The number of nitrogens with two attached hydrogens (primary N) is 4. The van der Waals surface area contributed by atoms with Gasteiger partial charge in [0, 0.05) is 6.42 Å². The monoisotopic (exact) mass is 517 g/mol. The van der Waals surface area contributed by atoms with Gasteiger partial charge in [-0.05, 0) is 51.6 Å². The van der Waals surface area contributed by atoms with Gasteiger partial charge in [0.1, 0.15) is 18.1 Å². The summed E-state index contributed by atoms with van der Waals surface area (Å²) in [5, 5.41) is 25.1. The Kier molecular flexibility index (Phi) is 16.4. The van der Waals surface area contributed by atoms with Gasteiger partial charge in [-0.3, -0.25) is 24.0 Å². The second-order valence-corrected chi connectivity index (χ2v) is 8.30. The molecule has 0 spiro atoms. The summed E-state index contributed by atoms with van der Waals surface area (Å²) in [6.07, 6.45) is 1.22. The lowest BCUT2D eigenvalue weighted by molar-refractivity contribution is -0.147. The van der Waals surface area contributed by atoms with Crippen LogP contribution in [0.15, 0.2) is 0 Å². The number of aliphatic carboxylic acids is 2. The third-order valence-electron chi connectivity index (χ3n) is 5.19. The van der Waals surface area contributed by atoms with Crippen molar-refractivity contribution in [3.05, 3.63) is 0 Å². The Hall–Kier alpha value is -3.30. The van der Waals surface area contributed by atoms with E-state index < -0.39 is 66.2 Å². The minimum absolute atomic E-state index is 0.0588. The molecule has 0 aliphatic carbocycles. The fourth-order valence-corrected chi connectivity index (χ4v) is 3.15. The first-order valence-corrected chi connectivity index (χ1v) is 11.7. The largest absolute Gasteiger partial charge is 0.481 e. The maximum atomic E-state index is 13.0. The zero-order valence-electron chi connectivity index (χ0n) is 20.2. The average molecular weight is 518 g/mol. The number of rotatable bonds is 20. The molecule has 0 aliphatic heterocycles. The predicted molar refractivity (Wildman–Crippen MR) is 128 cm³/mol. The van der Waals surface area contributed by atoms with Crippen LogP contribution in [-0.2, 0) is 28.8 Å². The van der Waals surface area contributed by atoms with Crippen LogP contribution in [0.5, 0.6) is 0 Å². The van der Waals surface area contributed by atoms with E-state index in [2.05, 4.69) is 16.0 Å². The molecule has 0 aromatic heterocycles. The van der Waals surface area contributed by atoms with E-state index in [0.29, 0.717) is 45.2 Å². The number of nitrogens with one attached hydrogen (secondary N) is 3. The van der Waals surface area contributed by atoms with E-state index >= 15 is 0 Å². The van der Waals surface area contributed by atoms with Crippen LogP contribution in [0.2, 0.25) is 0 Å². The molecule has 0 bridgehead atoms. The molecule has 0 aromatic carbocycles. The van der Waals surface area contributed by atoms with Crippen LogP contribution < -0.4 is 38.9 Å². The molecule has 0 heterocycles. The second kappa shape index (κ2) is 18.0. The quantitative estimate of drug-likeness (QED) is 0.0726. The van der Waals surface area contributed by atoms with Crippen LogP contribution in [0.25, 0.3) is 0 Å². The van der Waals surface area contributed by atoms with Gasteiger partial charge in [-0.2, -0.15) is 0 Å². The average Bonchev–Trinajstić information content (AvgIpc) is 2.79. The molecule has 0 saturated carbocycles. The first-order valence-electron chi connectivity index (χ1n) is 11.7. The van der Waals surface area contributed by atoms with Gasteiger partial charge in [0.05, 0.1) is 12.5 Å². The molecule has 0 fully saturated rings. The number of carboxylic acids is 2. The first-order chi connectivity index (χ1) is 16.9. The topological polar surface area (TPSA) is 283 Å². The predicted octanol–water partition coefficient (Wildman–Crippen LogP) is -3.15. The molecule has 0 aromatic rings. The van der Waals surface area contributed by atoms with Crippen molar-refractivity contribution in [1.82, 2.24) is 16.0 Å². The van der Waals surface area contributed by atoms with Gasteiger partial charge >= 0.3 is 11.9 Å². The highest BCUT2D eigenvalue weighted by Gasteiger charge is 2.31. The van der Waals surface area contributed by atoms with Gasteiger partial charge in [0.25, 0.3) is 0 Å². The Bertz CT molecular complexity index is 765. The van der Waals surface area contributed by atoms with Crippen LogP contribution in [-0.4, -0.2) is 83.0 Å². The molecule has 4 amide bonds. The van der Waals surface area contributed by atoms with Crippen LogP contribution in [0, 0.1) is 0 Å². The number of carbonyl (C=O) groups is 6. The Balaban J connectivity index is 5.53. The van der Waals surface area contributed by atoms with Gasteiger partial charge in [-0.15, -0.1) is 0 Å². The summed E-state index contributed by atoms with van der Waals surface area (Å²) in [6.45, 7) is 0.735. The van der Waals surface area contributed by atoms with Gasteiger partial charge in [-0.25, -0.2) is 4.79 Å². The van der Waals surface area contributed by atoms with Gasteiger partial charge in [0.15, 0.2) is 0 Å². The number of unbranched alkanes of at least 4 members (excludes halogenated alkanes) is 2. The molecule has 36 heavy (non-hydrogen) atoms. The number of carbonyl (C=O) groups excluding carboxylic acids is 4. The molecular weight excluding hydrogens is 478 g/mol.